The van der Waals surface area contributed by atoms with Gasteiger partial charge in [0.05, 0.1) is 6.61 Å². The Balaban J connectivity index is 2.92. The lowest BCUT2D eigenvalue weighted by Gasteiger charge is -2.26. The lowest BCUT2D eigenvalue weighted by Crippen LogP contribution is -2.27. The summed E-state index contributed by atoms with van der Waals surface area (Å²) in [5, 5.41) is 8.88. The van der Waals surface area contributed by atoms with Crippen LogP contribution in [0.2, 0.25) is 0 Å². The number of aromatic nitrogens is 2. The predicted molar refractivity (Wildman–Crippen MR) is 57.2 cm³/mol. The van der Waals surface area contributed by atoms with Crippen molar-refractivity contribution in [3.05, 3.63) is 23.8 Å². The molecule has 4 heteroatoms. The zero-order valence-corrected chi connectivity index (χ0v) is 9.53. The number of aliphatic hydroxyl groups is 1. The molecule has 0 aliphatic carbocycles. The highest BCUT2D eigenvalue weighted by Gasteiger charge is 2.27. The minimum Gasteiger partial charge on any atom is -0.392 e. The van der Waals surface area contributed by atoms with E-state index in [2.05, 4.69) is 9.97 Å². The third kappa shape index (κ3) is 2.73. The van der Waals surface area contributed by atoms with E-state index in [-0.39, 0.29) is 6.61 Å². The molecule has 1 N–H and O–H groups in total. The van der Waals surface area contributed by atoms with Gasteiger partial charge in [0.1, 0.15) is 5.60 Å². The van der Waals surface area contributed by atoms with Crippen molar-refractivity contribution < 1.29 is 9.84 Å². The van der Waals surface area contributed by atoms with E-state index < -0.39 is 5.60 Å². The zero-order chi connectivity index (χ0) is 11.3. The van der Waals surface area contributed by atoms with Crippen molar-refractivity contribution in [2.75, 3.05) is 6.61 Å². The van der Waals surface area contributed by atoms with Gasteiger partial charge in [-0.25, -0.2) is 9.97 Å². The molecule has 0 saturated heterocycles. The average molecular weight is 210 g/mol. The van der Waals surface area contributed by atoms with Crippen molar-refractivity contribution in [2.45, 2.75) is 39.4 Å². The molecule has 0 radical (unpaired) electrons. The summed E-state index contributed by atoms with van der Waals surface area (Å²) in [5.74, 6) is 0.670. The summed E-state index contributed by atoms with van der Waals surface area (Å²) in [6.07, 6.45) is 4.09. The van der Waals surface area contributed by atoms with Crippen LogP contribution < -0.4 is 0 Å². The maximum atomic E-state index is 8.88. The van der Waals surface area contributed by atoms with Gasteiger partial charge in [-0.05, 0) is 20.3 Å². The van der Waals surface area contributed by atoms with Crippen LogP contribution in [0, 0.1) is 0 Å². The molecule has 1 unspecified atom stereocenters. The van der Waals surface area contributed by atoms with Crippen LogP contribution in [-0.2, 0) is 16.9 Å². The van der Waals surface area contributed by atoms with Crippen molar-refractivity contribution in [3.63, 3.8) is 0 Å². The second kappa shape index (κ2) is 5.19. The highest BCUT2D eigenvalue weighted by molar-refractivity contribution is 5.07. The molecule has 1 aromatic heterocycles. The second-order valence-corrected chi connectivity index (χ2v) is 3.59. The first kappa shape index (κ1) is 12.1. The molecular formula is C11H18N2O2. The quantitative estimate of drug-likeness (QED) is 0.802. The molecule has 1 atom stereocenters. The Morgan fingerprint density at radius 3 is 2.33 bits per heavy atom. The predicted octanol–water partition coefficient (Wildman–Crippen LogP) is 1.63. The third-order valence-corrected chi connectivity index (χ3v) is 2.50. The van der Waals surface area contributed by atoms with Crippen LogP contribution in [-0.4, -0.2) is 21.7 Å². The number of aliphatic hydroxyl groups excluding tert-OH is 1. The van der Waals surface area contributed by atoms with Gasteiger partial charge >= 0.3 is 0 Å². The normalized spacial score (nSPS) is 14.9. The Hall–Kier alpha value is -1.00. The van der Waals surface area contributed by atoms with Crippen LogP contribution in [0.1, 0.15) is 38.6 Å². The Kier molecular flexibility index (Phi) is 4.17. The summed E-state index contributed by atoms with van der Waals surface area (Å²) in [7, 11) is 0. The molecule has 0 spiro atoms. The Morgan fingerprint density at radius 2 is 1.93 bits per heavy atom. The number of hydrogen-bond acceptors (Lipinski definition) is 4. The molecule has 1 rings (SSSR count). The summed E-state index contributed by atoms with van der Waals surface area (Å²) in [5.41, 5.74) is 0.289. The smallest absolute Gasteiger partial charge is 0.159 e. The van der Waals surface area contributed by atoms with Gasteiger partial charge < -0.3 is 9.84 Å². The largest absolute Gasteiger partial charge is 0.392 e. The summed E-state index contributed by atoms with van der Waals surface area (Å²) < 4.78 is 5.65. The van der Waals surface area contributed by atoms with Crippen LogP contribution in [0.15, 0.2) is 12.4 Å². The molecule has 0 amide bonds. The van der Waals surface area contributed by atoms with Gasteiger partial charge in [-0.3, -0.25) is 0 Å². The Labute approximate surface area is 90.3 Å². The highest BCUT2D eigenvalue weighted by atomic mass is 16.5. The first-order valence-corrected chi connectivity index (χ1v) is 5.22. The standard InChI is InChI=1S/C11H18N2O2/c1-4-11(3,15-5-2)10-12-6-9(8-14)7-13-10/h6-7,14H,4-5,8H2,1-3H3. The maximum Gasteiger partial charge on any atom is 0.159 e. The van der Waals surface area contributed by atoms with Crippen molar-refractivity contribution in [2.24, 2.45) is 0 Å². The van der Waals surface area contributed by atoms with Gasteiger partial charge in [0.25, 0.3) is 0 Å². The van der Waals surface area contributed by atoms with Gasteiger partial charge in [-0.2, -0.15) is 0 Å². The van der Waals surface area contributed by atoms with E-state index in [0.29, 0.717) is 18.0 Å². The van der Waals surface area contributed by atoms with Crippen LogP contribution in [0.4, 0.5) is 0 Å². The van der Waals surface area contributed by atoms with E-state index in [9.17, 15) is 0 Å². The van der Waals surface area contributed by atoms with Crippen molar-refractivity contribution >= 4 is 0 Å². The maximum absolute atomic E-state index is 8.88. The number of hydrogen-bond donors (Lipinski definition) is 1. The van der Waals surface area contributed by atoms with E-state index >= 15 is 0 Å². The summed E-state index contributed by atoms with van der Waals surface area (Å²) in [6, 6.07) is 0. The first-order valence-electron chi connectivity index (χ1n) is 5.22. The molecule has 1 heterocycles. The highest BCUT2D eigenvalue weighted by Crippen LogP contribution is 2.25. The average Bonchev–Trinajstić information content (AvgIpc) is 2.29. The Bertz CT molecular complexity index is 300. The lowest BCUT2D eigenvalue weighted by molar-refractivity contribution is -0.0391. The van der Waals surface area contributed by atoms with Gasteiger partial charge in [-0.15, -0.1) is 0 Å². The zero-order valence-electron chi connectivity index (χ0n) is 9.53. The van der Waals surface area contributed by atoms with E-state index in [1.807, 2.05) is 20.8 Å². The molecule has 0 aliphatic rings. The van der Waals surface area contributed by atoms with E-state index in [0.717, 1.165) is 6.42 Å². The minimum atomic E-state index is -0.428. The molecule has 0 aromatic carbocycles. The summed E-state index contributed by atoms with van der Waals surface area (Å²) >= 11 is 0. The molecule has 0 aliphatic heterocycles. The molecule has 0 fully saturated rings. The summed E-state index contributed by atoms with van der Waals surface area (Å²) in [4.78, 5) is 8.43. The number of rotatable bonds is 5. The SMILES string of the molecule is CCOC(C)(CC)c1ncc(CO)cn1. The number of ether oxygens (including phenoxy) is 1. The van der Waals surface area contributed by atoms with Gasteiger partial charge in [0.2, 0.25) is 0 Å². The van der Waals surface area contributed by atoms with Crippen molar-refractivity contribution in [3.8, 4) is 0 Å². The minimum absolute atomic E-state index is 0.0300. The van der Waals surface area contributed by atoms with E-state index in [1.54, 1.807) is 12.4 Å². The van der Waals surface area contributed by atoms with Crippen LogP contribution >= 0.6 is 0 Å². The fraction of sp³-hybridized carbons (Fsp3) is 0.636. The molecule has 15 heavy (non-hydrogen) atoms. The van der Waals surface area contributed by atoms with Gasteiger partial charge in [0, 0.05) is 24.6 Å². The molecule has 4 nitrogen and oxygen atoms in total. The van der Waals surface area contributed by atoms with E-state index in [4.69, 9.17) is 9.84 Å². The van der Waals surface area contributed by atoms with Crippen LogP contribution in [0.5, 0.6) is 0 Å². The van der Waals surface area contributed by atoms with Crippen LogP contribution in [0.3, 0.4) is 0 Å². The van der Waals surface area contributed by atoms with Gasteiger partial charge in [0.15, 0.2) is 5.82 Å². The monoisotopic (exact) mass is 210 g/mol. The molecule has 1 aromatic rings. The third-order valence-electron chi connectivity index (χ3n) is 2.50. The van der Waals surface area contributed by atoms with E-state index in [1.165, 1.54) is 0 Å². The van der Waals surface area contributed by atoms with Crippen LogP contribution in [0.25, 0.3) is 0 Å². The molecule has 0 saturated carbocycles. The number of nitrogens with zero attached hydrogens (tertiary/aromatic N) is 2. The second-order valence-electron chi connectivity index (χ2n) is 3.59. The summed E-state index contributed by atoms with van der Waals surface area (Å²) in [6.45, 7) is 6.58. The Morgan fingerprint density at radius 1 is 1.33 bits per heavy atom. The first-order chi connectivity index (χ1) is 7.16. The fourth-order valence-electron chi connectivity index (χ4n) is 1.35. The molecule has 84 valence electrons. The lowest BCUT2D eigenvalue weighted by atomic mass is 10.0. The van der Waals surface area contributed by atoms with Gasteiger partial charge in [-0.1, -0.05) is 6.92 Å². The fourth-order valence-corrected chi connectivity index (χ4v) is 1.35. The van der Waals surface area contributed by atoms with Crippen molar-refractivity contribution in [1.82, 2.24) is 9.97 Å². The molecular weight excluding hydrogens is 192 g/mol. The molecule has 0 bridgehead atoms. The van der Waals surface area contributed by atoms with Crippen molar-refractivity contribution in [1.29, 1.82) is 0 Å². The topological polar surface area (TPSA) is 55.2 Å².